The molecule has 1 aliphatic heterocycles. The topological polar surface area (TPSA) is 72.6 Å². The molecule has 164 valence electrons. The van der Waals surface area contributed by atoms with Crippen LogP contribution in [-0.2, 0) is 16.1 Å². The maximum Gasteiger partial charge on any atom is 0.307 e. The van der Waals surface area contributed by atoms with Crippen molar-refractivity contribution in [2.24, 2.45) is 10.9 Å². The van der Waals surface area contributed by atoms with Gasteiger partial charge in [-0.05, 0) is 31.0 Å². The zero-order chi connectivity index (χ0) is 22.4. The fourth-order valence-electron chi connectivity index (χ4n) is 3.85. The van der Waals surface area contributed by atoms with Crippen molar-refractivity contribution in [3.63, 3.8) is 0 Å². The smallest absolute Gasteiger partial charge is 0.307 e. The van der Waals surface area contributed by atoms with Crippen molar-refractivity contribution < 1.29 is 13.9 Å². The molecule has 1 aliphatic carbocycles. The van der Waals surface area contributed by atoms with Crippen LogP contribution in [0.1, 0.15) is 31.0 Å². The van der Waals surface area contributed by atoms with Crippen LogP contribution >= 0.6 is 11.6 Å². The van der Waals surface area contributed by atoms with E-state index >= 15 is 0 Å². The molecular formula is C23H21ClFN5O2. The molecule has 0 radical (unpaired) electrons. The van der Waals surface area contributed by atoms with Crippen LogP contribution in [0.4, 0.5) is 4.39 Å². The molecule has 1 aromatic carbocycles. The molecule has 7 nitrogen and oxygen atoms in total. The van der Waals surface area contributed by atoms with Gasteiger partial charge in [0.2, 0.25) is 0 Å². The summed E-state index contributed by atoms with van der Waals surface area (Å²) in [6.45, 7) is 1.58. The van der Waals surface area contributed by atoms with E-state index in [1.807, 2.05) is 12.1 Å². The number of aliphatic imine (C=N–C) groups is 1. The van der Waals surface area contributed by atoms with Crippen molar-refractivity contribution in [2.75, 3.05) is 7.05 Å². The van der Waals surface area contributed by atoms with Gasteiger partial charge in [0.05, 0.1) is 17.6 Å². The van der Waals surface area contributed by atoms with E-state index in [1.165, 1.54) is 13.0 Å². The van der Waals surface area contributed by atoms with Crippen molar-refractivity contribution in [1.82, 2.24) is 19.7 Å². The van der Waals surface area contributed by atoms with Crippen LogP contribution in [0.3, 0.4) is 0 Å². The number of alkyl halides is 1. The minimum atomic E-state index is -0.703. The van der Waals surface area contributed by atoms with Crippen LogP contribution in [0.25, 0.3) is 11.0 Å². The maximum atomic E-state index is 14.3. The third-order valence-electron chi connectivity index (χ3n) is 5.58. The maximum absolute atomic E-state index is 14.3. The van der Waals surface area contributed by atoms with E-state index in [-0.39, 0.29) is 18.3 Å². The molecule has 1 atom stereocenters. The number of aromatic nitrogens is 3. The number of halogens is 2. The van der Waals surface area contributed by atoms with Crippen LogP contribution in [0.5, 0.6) is 0 Å². The lowest BCUT2D eigenvalue weighted by Gasteiger charge is -2.31. The molecule has 5 rings (SSSR count). The molecule has 9 heteroatoms. The Bertz CT molecular complexity index is 1280. The monoisotopic (exact) mass is 453 g/mol. The molecule has 0 spiro atoms. The molecule has 2 aromatic heterocycles. The molecule has 0 amide bonds. The van der Waals surface area contributed by atoms with E-state index < -0.39 is 11.5 Å². The van der Waals surface area contributed by atoms with Crippen LogP contribution in [0, 0.1) is 11.7 Å². The molecule has 0 bridgehead atoms. The van der Waals surface area contributed by atoms with Gasteiger partial charge in [-0.2, -0.15) is 5.10 Å². The lowest BCUT2D eigenvalue weighted by Crippen LogP contribution is -2.40. The highest BCUT2D eigenvalue weighted by Gasteiger charge is 2.39. The lowest BCUT2D eigenvalue weighted by atomic mass is 10.1. The van der Waals surface area contributed by atoms with Crippen LogP contribution in [-0.4, -0.2) is 44.0 Å². The number of benzene rings is 1. The summed E-state index contributed by atoms with van der Waals surface area (Å²) < 4.78 is 21.4. The summed E-state index contributed by atoms with van der Waals surface area (Å²) in [5.41, 5.74) is 1.71. The molecule has 0 saturated heterocycles. The van der Waals surface area contributed by atoms with E-state index in [2.05, 4.69) is 4.98 Å². The highest BCUT2D eigenvalue weighted by atomic mass is 35.5. The molecule has 3 heterocycles. The number of fused-ring (bicyclic) bond motifs is 1. The number of ether oxygens (including phenoxy) is 1. The number of amidine groups is 1. The summed E-state index contributed by atoms with van der Waals surface area (Å²) >= 11 is 6.71. The standard InChI is InChI=1S/C23H21ClFN5O2/c1-13(31)32-20-18(14-9-10-14)27-23(29(2)21(20)24)19-16-7-5-11-26-22(16)30(28-19)12-15-6-3-4-8-17(15)25/h3-8,11,14,21H,9-10,12H2,1-2H3. The average Bonchev–Trinajstić information content (AvgIpc) is 3.56. The van der Waals surface area contributed by atoms with Gasteiger partial charge in [0.15, 0.2) is 22.7 Å². The third kappa shape index (κ3) is 3.64. The van der Waals surface area contributed by atoms with Gasteiger partial charge < -0.3 is 9.64 Å². The predicted octanol–water partition coefficient (Wildman–Crippen LogP) is 4.06. The Morgan fingerprint density at radius 1 is 1.25 bits per heavy atom. The summed E-state index contributed by atoms with van der Waals surface area (Å²) in [5.74, 6) is 0.416. The molecule has 32 heavy (non-hydrogen) atoms. The highest BCUT2D eigenvalue weighted by molar-refractivity contribution is 6.24. The second kappa shape index (κ2) is 8.02. The number of likely N-dealkylation sites (N-methyl/N-ethyl adjacent to an activating group) is 1. The van der Waals surface area contributed by atoms with Crippen molar-refractivity contribution in [3.8, 4) is 0 Å². The Morgan fingerprint density at radius 2 is 2.03 bits per heavy atom. The van der Waals surface area contributed by atoms with Gasteiger partial charge in [0.1, 0.15) is 11.5 Å². The fourth-order valence-corrected chi connectivity index (χ4v) is 4.10. The van der Waals surface area contributed by atoms with Gasteiger partial charge in [-0.3, -0.25) is 4.79 Å². The predicted molar refractivity (Wildman–Crippen MR) is 118 cm³/mol. The normalized spacial score (nSPS) is 18.8. The van der Waals surface area contributed by atoms with Crippen molar-refractivity contribution >= 4 is 34.4 Å². The first-order chi connectivity index (χ1) is 15.4. The van der Waals surface area contributed by atoms with Gasteiger partial charge in [-0.15, -0.1) is 0 Å². The zero-order valence-electron chi connectivity index (χ0n) is 17.6. The zero-order valence-corrected chi connectivity index (χ0v) is 18.4. The highest BCUT2D eigenvalue weighted by Crippen LogP contribution is 2.43. The molecule has 1 unspecified atom stereocenters. The molecule has 1 saturated carbocycles. The summed E-state index contributed by atoms with van der Waals surface area (Å²) in [6, 6.07) is 10.3. The van der Waals surface area contributed by atoms with Crippen molar-refractivity contribution in [2.45, 2.75) is 31.8 Å². The van der Waals surface area contributed by atoms with Crippen LogP contribution < -0.4 is 0 Å². The number of pyridine rings is 1. The number of nitrogens with zero attached hydrogens (tertiary/aromatic N) is 5. The Balaban J connectivity index is 1.64. The molecule has 2 aliphatic rings. The lowest BCUT2D eigenvalue weighted by molar-refractivity contribution is -0.137. The first-order valence-corrected chi connectivity index (χ1v) is 10.8. The van der Waals surface area contributed by atoms with Crippen LogP contribution in [0.2, 0.25) is 0 Å². The van der Waals surface area contributed by atoms with Gasteiger partial charge in [0.25, 0.3) is 0 Å². The Labute approximate surface area is 189 Å². The second-order valence-corrected chi connectivity index (χ2v) is 8.39. The van der Waals surface area contributed by atoms with E-state index in [9.17, 15) is 9.18 Å². The summed E-state index contributed by atoms with van der Waals surface area (Å²) in [5, 5.41) is 5.54. The van der Waals surface area contributed by atoms with Crippen molar-refractivity contribution in [3.05, 3.63) is 71.1 Å². The van der Waals surface area contributed by atoms with Crippen molar-refractivity contribution in [1.29, 1.82) is 0 Å². The van der Waals surface area contributed by atoms with E-state index in [0.29, 0.717) is 34.2 Å². The summed E-state index contributed by atoms with van der Waals surface area (Å²) in [7, 11) is 1.78. The van der Waals surface area contributed by atoms with E-state index in [1.54, 1.807) is 41.0 Å². The summed E-state index contributed by atoms with van der Waals surface area (Å²) in [4.78, 5) is 22.7. The molecule has 0 N–H and O–H groups in total. The van der Waals surface area contributed by atoms with E-state index in [4.69, 9.17) is 26.4 Å². The number of hydrogen-bond donors (Lipinski definition) is 0. The number of carbonyl (C=O) groups excluding carboxylic acids is 1. The quantitative estimate of drug-likeness (QED) is 0.331. The van der Waals surface area contributed by atoms with E-state index in [0.717, 1.165) is 18.2 Å². The number of esters is 1. The molecule has 3 aromatic rings. The average molecular weight is 454 g/mol. The minimum Gasteiger partial charge on any atom is -0.426 e. The first kappa shape index (κ1) is 20.6. The molecule has 1 fully saturated rings. The number of allylic oxidation sites excluding steroid dienone is 1. The minimum absolute atomic E-state index is 0.208. The fraction of sp³-hybridized carbons (Fsp3) is 0.304. The SMILES string of the molecule is CC(=O)OC1=C(C2CC2)N=C(c2nn(Cc3ccccc3F)c3ncccc23)N(C)C1Cl. The van der Waals surface area contributed by atoms with Crippen LogP contribution in [0.15, 0.2) is 59.0 Å². The number of carbonyl (C=O) groups is 1. The number of rotatable bonds is 5. The number of hydrogen-bond acceptors (Lipinski definition) is 6. The van der Waals surface area contributed by atoms with Gasteiger partial charge in [0, 0.05) is 31.6 Å². The second-order valence-electron chi connectivity index (χ2n) is 7.97. The first-order valence-electron chi connectivity index (χ1n) is 10.4. The summed E-state index contributed by atoms with van der Waals surface area (Å²) in [6.07, 6.45) is 3.61. The van der Waals surface area contributed by atoms with Gasteiger partial charge in [-0.1, -0.05) is 29.8 Å². The largest absolute Gasteiger partial charge is 0.426 e. The van der Waals surface area contributed by atoms with Gasteiger partial charge >= 0.3 is 5.97 Å². The Kier molecular flexibility index (Phi) is 5.17. The Hall–Kier alpha value is -3.26. The van der Waals surface area contributed by atoms with Gasteiger partial charge in [-0.25, -0.2) is 19.0 Å². The molecular weight excluding hydrogens is 433 g/mol. The third-order valence-corrected chi connectivity index (χ3v) is 6.07. The Morgan fingerprint density at radius 3 is 2.75 bits per heavy atom.